The van der Waals surface area contributed by atoms with E-state index >= 15 is 0 Å². The zero-order valence-corrected chi connectivity index (χ0v) is 16.6. The van der Waals surface area contributed by atoms with Crippen molar-refractivity contribution in [1.82, 2.24) is 9.78 Å². The number of nitrogens with one attached hydrogen (secondary N) is 2. The van der Waals surface area contributed by atoms with Crippen LogP contribution < -0.4 is 16.4 Å². The summed E-state index contributed by atoms with van der Waals surface area (Å²) in [7, 11) is 0. The first kappa shape index (κ1) is 22.0. The van der Waals surface area contributed by atoms with Gasteiger partial charge in [-0.25, -0.2) is 0 Å². The highest BCUT2D eigenvalue weighted by molar-refractivity contribution is 6.34. The molecule has 0 saturated carbocycles. The Morgan fingerprint density at radius 2 is 1.81 bits per heavy atom. The molecule has 9 heteroatoms. The standard InChI is InChI=1S/C17H22ClN5O2.ClH/c1-9-7-10(2)23(22-9)12(4)17(25)21-15-6-5-13(8-14(15)18)20-16(24)11(3)19;/h5-8,11-12H,19H2,1-4H3,(H,20,24)(H,21,25);1H/t11-,12?;/m0./s1. The van der Waals surface area contributed by atoms with Gasteiger partial charge in [0.1, 0.15) is 6.04 Å². The first-order chi connectivity index (χ1) is 11.7. The van der Waals surface area contributed by atoms with Crippen LogP contribution in [0.25, 0.3) is 0 Å². The highest BCUT2D eigenvalue weighted by Gasteiger charge is 2.19. The number of nitrogens with two attached hydrogens (primary N) is 1. The molecule has 2 atom stereocenters. The molecule has 7 nitrogen and oxygen atoms in total. The molecule has 0 spiro atoms. The van der Waals surface area contributed by atoms with Gasteiger partial charge in [-0.15, -0.1) is 12.4 Å². The number of amides is 2. The molecule has 1 heterocycles. The van der Waals surface area contributed by atoms with Crippen molar-refractivity contribution in [3.05, 3.63) is 40.7 Å². The monoisotopic (exact) mass is 399 g/mol. The molecule has 0 aliphatic rings. The topological polar surface area (TPSA) is 102 Å². The lowest BCUT2D eigenvalue weighted by molar-refractivity contribution is -0.119. The third-order valence-corrected chi connectivity index (χ3v) is 4.01. The largest absolute Gasteiger partial charge is 0.325 e. The number of carbonyl (C=O) groups excluding carboxylic acids is 2. The van der Waals surface area contributed by atoms with Crippen molar-refractivity contribution in [3.8, 4) is 0 Å². The molecule has 4 N–H and O–H groups in total. The van der Waals surface area contributed by atoms with E-state index < -0.39 is 12.1 Å². The maximum absolute atomic E-state index is 12.5. The third-order valence-electron chi connectivity index (χ3n) is 3.70. The number of halogens is 2. The zero-order valence-electron chi connectivity index (χ0n) is 15.0. The molecule has 0 aliphatic carbocycles. The lowest BCUT2D eigenvalue weighted by Gasteiger charge is -2.16. The average Bonchev–Trinajstić information content (AvgIpc) is 2.87. The van der Waals surface area contributed by atoms with Crippen LogP contribution in [0.3, 0.4) is 0 Å². The van der Waals surface area contributed by atoms with E-state index in [0.29, 0.717) is 16.4 Å². The summed E-state index contributed by atoms with van der Waals surface area (Å²) in [4.78, 5) is 24.1. The SMILES string of the molecule is Cc1cc(C)n(C(C)C(=O)Nc2ccc(NC(=O)[C@H](C)N)cc2Cl)n1.Cl. The van der Waals surface area contributed by atoms with Gasteiger partial charge in [0, 0.05) is 11.4 Å². The van der Waals surface area contributed by atoms with Gasteiger partial charge in [0.05, 0.1) is 22.4 Å². The van der Waals surface area contributed by atoms with Gasteiger partial charge in [0.25, 0.3) is 0 Å². The summed E-state index contributed by atoms with van der Waals surface area (Å²) < 4.78 is 1.66. The molecule has 1 aromatic carbocycles. The number of nitrogens with zero attached hydrogens (tertiary/aromatic N) is 2. The Morgan fingerprint density at radius 1 is 1.15 bits per heavy atom. The van der Waals surface area contributed by atoms with Crippen LogP contribution in [-0.4, -0.2) is 27.6 Å². The van der Waals surface area contributed by atoms with Crippen molar-refractivity contribution in [2.75, 3.05) is 10.6 Å². The van der Waals surface area contributed by atoms with Gasteiger partial charge >= 0.3 is 0 Å². The van der Waals surface area contributed by atoms with E-state index in [2.05, 4.69) is 15.7 Å². The second kappa shape index (κ2) is 9.02. The summed E-state index contributed by atoms with van der Waals surface area (Å²) in [6, 6.07) is 5.64. The molecule has 2 aromatic rings. The average molecular weight is 400 g/mol. The van der Waals surface area contributed by atoms with Crippen LogP contribution >= 0.6 is 24.0 Å². The van der Waals surface area contributed by atoms with Gasteiger partial charge in [0.15, 0.2) is 0 Å². The molecule has 2 amide bonds. The predicted molar refractivity (Wildman–Crippen MR) is 106 cm³/mol. The van der Waals surface area contributed by atoms with Gasteiger partial charge in [0.2, 0.25) is 11.8 Å². The Hall–Kier alpha value is -2.09. The Balaban J connectivity index is 0.00000338. The van der Waals surface area contributed by atoms with E-state index in [1.807, 2.05) is 19.9 Å². The van der Waals surface area contributed by atoms with Gasteiger partial charge in [-0.2, -0.15) is 5.10 Å². The van der Waals surface area contributed by atoms with Crippen molar-refractivity contribution in [3.63, 3.8) is 0 Å². The van der Waals surface area contributed by atoms with Gasteiger partial charge < -0.3 is 16.4 Å². The molecule has 0 fully saturated rings. The minimum Gasteiger partial charge on any atom is -0.325 e. The van der Waals surface area contributed by atoms with Crippen molar-refractivity contribution in [2.24, 2.45) is 5.73 Å². The van der Waals surface area contributed by atoms with Crippen molar-refractivity contribution >= 4 is 47.2 Å². The fourth-order valence-corrected chi connectivity index (χ4v) is 2.56. The van der Waals surface area contributed by atoms with Crippen LogP contribution in [0.15, 0.2) is 24.3 Å². The van der Waals surface area contributed by atoms with E-state index in [4.69, 9.17) is 17.3 Å². The molecule has 0 aliphatic heterocycles. The second-order valence-electron chi connectivity index (χ2n) is 6.01. The van der Waals surface area contributed by atoms with E-state index in [1.165, 1.54) is 0 Å². The predicted octanol–water partition coefficient (Wildman–Crippen LogP) is 3.06. The van der Waals surface area contributed by atoms with E-state index in [0.717, 1.165) is 11.4 Å². The summed E-state index contributed by atoms with van der Waals surface area (Å²) in [5.41, 5.74) is 8.23. The van der Waals surface area contributed by atoms with E-state index in [1.54, 1.807) is 36.7 Å². The molecule has 142 valence electrons. The normalized spacial score (nSPS) is 12.7. The van der Waals surface area contributed by atoms with Gasteiger partial charge in [-0.1, -0.05) is 11.6 Å². The first-order valence-electron chi connectivity index (χ1n) is 7.88. The minimum atomic E-state index is -0.625. The smallest absolute Gasteiger partial charge is 0.248 e. The van der Waals surface area contributed by atoms with Crippen LogP contribution in [0, 0.1) is 13.8 Å². The number of aryl methyl sites for hydroxylation is 2. The van der Waals surface area contributed by atoms with Crippen LogP contribution in [0.2, 0.25) is 5.02 Å². The van der Waals surface area contributed by atoms with Gasteiger partial charge in [-0.3, -0.25) is 14.3 Å². The first-order valence-corrected chi connectivity index (χ1v) is 8.26. The van der Waals surface area contributed by atoms with E-state index in [-0.39, 0.29) is 24.2 Å². The van der Waals surface area contributed by atoms with Crippen LogP contribution in [0.1, 0.15) is 31.3 Å². The Morgan fingerprint density at radius 3 is 2.31 bits per heavy atom. The highest BCUT2D eigenvalue weighted by atomic mass is 35.5. The second-order valence-corrected chi connectivity index (χ2v) is 6.42. The molecular weight excluding hydrogens is 377 g/mol. The molecule has 2 rings (SSSR count). The number of carbonyl (C=O) groups is 2. The molecule has 0 radical (unpaired) electrons. The van der Waals surface area contributed by atoms with Crippen LogP contribution in [0.5, 0.6) is 0 Å². The number of benzene rings is 1. The van der Waals surface area contributed by atoms with Crippen LogP contribution in [-0.2, 0) is 9.59 Å². The molecule has 0 bridgehead atoms. The summed E-state index contributed by atoms with van der Waals surface area (Å²) in [6.45, 7) is 7.12. The maximum Gasteiger partial charge on any atom is 0.248 e. The van der Waals surface area contributed by atoms with Crippen molar-refractivity contribution < 1.29 is 9.59 Å². The summed E-state index contributed by atoms with van der Waals surface area (Å²) in [5.74, 6) is -0.550. The lowest BCUT2D eigenvalue weighted by Crippen LogP contribution is -2.32. The summed E-state index contributed by atoms with van der Waals surface area (Å²) >= 11 is 6.20. The summed E-state index contributed by atoms with van der Waals surface area (Å²) in [6.07, 6.45) is 0. The quantitative estimate of drug-likeness (QED) is 0.718. The number of anilines is 2. The number of rotatable bonds is 5. The highest BCUT2D eigenvalue weighted by Crippen LogP contribution is 2.26. The third kappa shape index (κ3) is 5.20. The molecule has 0 saturated heterocycles. The fraction of sp³-hybridized carbons (Fsp3) is 0.353. The molecular formula is C17H23Cl2N5O2. The van der Waals surface area contributed by atoms with Crippen molar-refractivity contribution in [1.29, 1.82) is 0 Å². The Kier molecular flexibility index (Phi) is 7.62. The van der Waals surface area contributed by atoms with Gasteiger partial charge in [-0.05, 0) is 52.0 Å². The Labute approximate surface area is 163 Å². The zero-order chi connectivity index (χ0) is 18.7. The Bertz CT molecular complexity index is 804. The molecule has 26 heavy (non-hydrogen) atoms. The van der Waals surface area contributed by atoms with Crippen molar-refractivity contribution in [2.45, 2.75) is 39.8 Å². The minimum absolute atomic E-state index is 0. The fourth-order valence-electron chi connectivity index (χ4n) is 2.34. The van der Waals surface area contributed by atoms with E-state index in [9.17, 15) is 9.59 Å². The maximum atomic E-state index is 12.5. The van der Waals surface area contributed by atoms with Crippen LogP contribution in [0.4, 0.5) is 11.4 Å². The molecule has 1 unspecified atom stereocenters. The summed E-state index contributed by atoms with van der Waals surface area (Å²) in [5, 5.41) is 10.1. The number of hydrogen-bond acceptors (Lipinski definition) is 4. The number of aromatic nitrogens is 2. The number of hydrogen-bond donors (Lipinski definition) is 3. The molecule has 1 aromatic heterocycles. The lowest BCUT2D eigenvalue weighted by atomic mass is 10.2.